The zero-order chi connectivity index (χ0) is 23.2. The smallest absolute Gasteiger partial charge is 0.262 e. The molecular formula is C19H15ClF5N3O2S. The summed E-state index contributed by atoms with van der Waals surface area (Å²) in [7, 11) is -4.34. The number of sulfonamides is 1. The monoisotopic (exact) mass is 479 g/mol. The Morgan fingerprint density at radius 2 is 1.61 bits per heavy atom. The van der Waals surface area contributed by atoms with Crippen LogP contribution in [0.15, 0.2) is 53.4 Å². The lowest BCUT2D eigenvalue weighted by Gasteiger charge is -2.22. The largest absolute Gasteiger partial charge is 0.459 e. The Balaban J connectivity index is 2.49. The first kappa shape index (κ1) is 23.2. The second-order valence-corrected chi connectivity index (χ2v) is 8.47. The van der Waals surface area contributed by atoms with Gasteiger partial charge in [0.05, 0.1) is 4.90 Å². The lowest BCUT2D eigenvalue weighted by atomic mass is 9.96. The Morgan fingerprint density at radius 1 is 1.03 bits per heavy atom. The van der Waals surface area contributed by atoms with Crippen LogP contribution in [0.3, 0.4) is 0 Å². The van der Waals surface area contributed by atoms with Gasteiger partial charge in [-0.1, -0.05) is 41.9 Å². The first-order valence-electron chi connectivity index (χ1n) is 8.73. The molecule has 0 saturated carbocycles. The van der Waals surface area contributed by atoms with Gasteiger partial charge < -0.3 is 0 Å². The summed E-state index contributed by atoms with van der Waals surface area (Å²) < 4.78 is 93.9. The molecule has 0 saturated heterocycles. The maximum Gasteiger partial charge on any atom is 0.459 e. The summed E-state index contributed by atoms with van der Waals surface area (Å²) >= 11 is 5.83. The maximum atomic E-state index is 14.6. The third kappa shape index (κ3) is 4.17. The molecule has 0 bridgehead atoms. The van der Waals surface area contributed by atoms with E-state index in [-0.39, 0.29) is 28.4 Å². The molecule has 3 rings (SSSR count). The summed E-state index contributed by atoms with van der Waals surface area (Å²) in [5, 5.41) is 9.39. The number of benzene rings is 2. The third-order valence-electron chi connectivity index (χ3n) is 4.49. The van der Waals surface area contributed by atoms with Crippen LogP contribution >= 0.6 is 11.6 Å². The molecule has 0 aliphatic heterocycles. The molecule has 0 atom stereocenters. The van der Waals surface area contributed by atoms with Crippen LogP contribution in [-0.2, 0) is 22.5 Å². The van der Waals surface area contributed by atoms with E-state index in [1.807, 2.05) is 0 Å². The van der Waals surface area contributed by atoms with Crippen LogP contribution < -0.4 is 5.14 Å². The van der Waals surface area contributed by atoms with Gasteiger partial charge in [-0.2, -0.15) is 27.1 Å². The number of aromatic nitrogens is 2. The van der Waals surface area contributed by atoms with Crippen molar-refractivity contribution in [3.8, 4) is 22.4 Å². The summed E-state index contributed by atoms with van der Waals surface area (Å²) in [6.45, 7) is 1.00. The van der Waals surface area contributed by atoms with Gasteiger partial charge in [0, 0.05) is 22.7 Å². The van der Waals surface area contributed by atoms with Crippen molar-refractivity contribution >= 4 is 21.6 Å². The lowest BCUT2D eigenvalue weighted by Crippen LogP contribution is -2.36. The number of rotatable bonds is 5. The fraction of sp³-hybridized carbons (Fsp3) is 0.211. The minimum atomic E-state index is -5.92. The van der Waals surface area contributed by atoms with Crippen molar-refractivity contribution in [1.29, 1.82) is 0 Å². The van der Waals surface area contributed by atoms with Gasteiger partial charge >= 0.3 is 12.1 Å². The fourth-order valence-electron chi connectivity index (χ4n) is 3.13. The first-order chi connectivity index (χ1) is 14.3. The average Bonchev–Trinajstić information content (AvgIpc) is 3.07. The SMILES string of the molecule is CCn1nc(-c2ccccc2S(N)(=O)=O)c(-c2ccc(Cl)cc2)c1C(F)(F)C(F)(F)F. The third-order valence-corrected chi connectivity index (χ3v) is 5.71. The van der Waals surface area contributed by atoms with Gasteiger partial charge in [-0.15, -0.1) is 0 Å². The molecule has 0 aliphatic rings. The van der Waals surface area contributed by atoms with Crippen molar-refractivity contribution in [2.75, 3.05) is 0 Å². The number of nitrogens with two attached hydrogens (primary N) is 1. The van der Waals surface area contributed by atoms with E-state index in [0.717, 1.165) is 6.07 Å². The van der Waals surface area contributed by atoms with Gasteiger partial charge in [-0.3, -0.25) is 4.68 Å². The molecule has 1 heterocycles. The number of hydrogen-bond acceptors (Lipinski definition) is 3. The number of nitrogens with zero attached hydrogens (tertiary/aromatic N) is 2. The molecule has 0 spiro atoms. The van der Waals surface area contributed by atoms with E-state index in [1.54, 1.807) is 0 Å². The van der Waals surface area contributed by atoms with E-state index < -0.39 is 38.3 Å². The van der Waals surface area contributed by atoms with Crippen molar-refractivity contribution in [2.24, 2.45) is 5.14 Å². The van der Waals surface area contributed by atoms with E-state index in [2.05, 4.69) is 5.10 Å². The molecule has 2 N–H and O–H groups in total. The Bertz CT molecular complexity index is 1220. The Morgan fingerprint density at radius 3 is 2.13 bits per heavy atom. The molecule has 5 nitrogen and oxygen atoms in total. The second kappa shape index (κ2) is 7.88. The predicted octanol–water partition coefficient (Wildman–Crippen LogP) is 5.19. The van der Waals surface area contributed by atoms with Gasteiger partial charge in [0.1, 0.15) is 11.4 Å². The fourth-order valence-corrected chi connectivity index (χ4v) is 4.00. The standard InChI is InChI=1S/C19H15ClF5N3O2S/c1-2-28-17(18(21,22)19(23,24)25)15(11-7-9-12(20)10-8-11)16(27-28)13-5-3-4-6-14(13)31(26,29)30/h3-10H,2H2,1H3,(H2,26,29,30). The highest BCUT2D eigenvalue weighted by Crippen LogP contribution is 2.50. The summed E-state index contributed by atoms with van der Waals surface area (Å²) in [5.74, 6) is -5.28. The zero-order valence-corrected chi connectivity index (χ0v) is 17.4. The van der Waals surface area contributed by atoms with Crippen molar-refractivity contribution in [2.45, 2.75) is 30.5 Å². The molecule has 0 aliphatic carbocycles. The zero-order valence-electron chi connectivity index (χ0n) is 15.8. The second-order valence-electron chi connectivity index (χ2n) is 6.51. The molecule has 0 amide bonds. The molecular weight excluding hydrogens is 465 g/mol. The number of primary sulfonamides is 1. The molecule has 2 aromatic carbocycles. The summed E-state index contributed by atoms with van der Waals surface area (Å²) in [6.07, 6.45) is -5.92. The number of hydrogen-bond donors (Lipinski definition) is 1. The van der Waals surface area contributed by atoms with Crippen LogP contribution in [0.5, 0.6) is 0 Å². The average molecular weight is 480 g/mol. The van der Waals surface area contributed by atoms with E-state index in [0.29, 0.717) is 4.68 Å². The van der Waals surface area contributed by atoms with Crippen LogP contribution in [0.2, 0.25) is 5.02 Å². The Labute approximate surface area is 179 Å². The van der Waals surface area contributed by atoms with Crippen molar-refractivity contribution in [3.05, 3.63) is 59.2 Å². The van der Waals surface area contributed by atoms with Gasteiger partial charge in [0.2, 0.25) is 10.0 Å². The Hall–Kier alpha value is -2.50. The highest BCUT2D eigenvalue weighted by Gasteiger charge is 2.62. The van der Waals surface area contributed by atoms with Crippen LogP contribution in [0.25, 0.3) is 22.4 Å². The quantitative estimate of drug-likeness (QED) is 0.511. The minimum Gasteiger partial charge on any atom is -0.262 e. The summed E-state index contributed by atoms with van der Waals surface area (Å²) in [5.41, 5.74) is -2.63. The van der Waals surface area contributed by atoms with Gasteiger partial charge in [-0.25, -0.2) is 13.6 Å². The molecule has 166 valence electrons. The van der Waals surface area contributed by atoms with Crippen molar-refractivity contribution in [1.82, 2.24) is 9.78 Å². The van der Waals surface area contributed by atoms with E-state index in [1.165, 1.54) is 49.4 Å². The maximum absolute atomic E-state index is 14.6. The van der Waals surface area contributed by atoms with Crippen LogP contribution in [0.4, 0.5) is 22.0 Å². The topological polar surface area (TPSA) is 78.0 Å². The number of alkyl halides is 5. The highest BCUT2D eigenvalue weighted by atomic mass is 35.5. The minimum absolute atomic E-state index is 0.0535. The number of aryl methyl sites for hydroxylation is 1. The normalized spacial score (nSPS) is 12.9. The summed E-state index contributed by atoms with van der Waals surface area (Å²) in [6, 6.07) is 10.2. The molecule has 1 aromatic heterocycles. The molecule has 0 unspecified atom stereocenters. The Kier molecular flexibility index (Phi) is 5.89. The first-order valence-corrected chi connectivity index (χ1v) is 10.7. The molecule has 0 radical (unpaired) electrons. The highest BCUT2D eigenvalue weighted by molar-refractivity contribution is 7.89. The van der Waals surface area contributed by atoms with E-state index >= 15 is 0 Å². The van der Waals surface area contributed by atoms with Crippen LogP contribution in [0.1, 0.15) is 12.6 Å². The number of halogens is 6. The lowest BCUT2D eigenvalue weighted by molar-refractivity contribution is -0.291. The molecule has 0 fully saturated rings. The van der Waals surface area contributed by atoms with Crippen molar-refractivity contribution < 1.29 is 30.4 Å². The van der Waals surface area contributed by atoms with Gasteiger partial charge in [0.15, 0.2) is 0 Å². The van der Waals surface area contributed by atoms with E-state index in [9.17, 15) is 30.4 Å². The van der Waals surface area contributed by atoms with Gasteiger partial charge in [-0.05, 0) is 30.7 Å². The molecule has 31 heavy (non-hydrogen) atoms. The van der Waals surface area contributed by atoms with Crippen LogP contribution in [-0.4, -0.2) is 24.4 Å². The summed E-state index contributed by atoms with van der Waals surface area (Å²) in [4.78, 5) is -0.465. The van der Waals surface area contributed by atoms with Crippen molar-refractivity contribution in [3.63, 3.8) is 0 Å². The predicted molar refractivity (Wildman–Crippen MR) is 105 cm³/mol. The van der Waals surface area contributed by atoms with E-state index in [4.69, 9.17) is 16.7 Å². The molecule has 3 aromatic rings. The van der Waals surface area contributed by atoms with Crippen LogP contribution in [0, 0.1) is 0 Å². The van der Waals surface area contributed by atoms with Gasteiger partial charge in [0.25, 0.3) is 0 Å². The molecule has 12 heteroatoms.